The summed E-state index contributed by atoms with van der Waals surface area (Å²) < 4.78 is 38.5. The van der Waals surface area contributed by atoms with Crippen LogP contribution in [0.2, 0.25) is 0 Å². The molecule has 1 aliphatic rings. The molecule has 4 rings (SSSR count). The lowest BCUT2D eigenvalue weighted by molar-refractivity contribution is -0.114. The predicted octanol–water partition coefficient (Wildman–Crippen LogP) is 4.08. The fourth-order valence-electron chi connectivity index (χ4n) is 3.79. The van der Waals surface area contributed by atoms with Crippen LogP contribution in [0.5, 0.6) is 11.5 Å². The van der Waals surface area contributed by atoms with Crippen LogP contribution in [0.4, 0.5) is 11.4 Å². The Labute approximate surface area is 187 Å². The number of carbonyl (C=O) groups is 1. The molecule has 1 N–H and O–H groups in total. The first-order valence-electron chi connectivity index (χ1n) is 10.2. The normalized spacial score (nSPS) is 13.7. The lowest BCUT2D eigenvalue weighted by atomic mass is 9.99. The van der Waals surface area contributed by atoms with Crippen LogP contribution in [0.1, 0.15) is 12.5 Å². The van der Waals surface area contributed by atoms with E-state index in [0.717, 1.165) is 21.9 Å². The Balaban J connectivity index is 1.70. The summed E-state index contributed by atoms with van der Waals surface area (Å²) in [5.41, 5.74) is 3.44. The molecular weight excluding hydrogens is 428 g/mol. The van der Waals surface area contributed by atoms with Crippen LogP contribution >= 0.6 is 0 Å². The van der Waals surface area contributed by atoms with Crippen molar-refractivity contribution in [2.75, 3.05) is 30.4 Å². The SMILES string of the molecule is CCc1ccc2c(c1)-c1ccccc1S(=O)(=O)N2CC(=O)Nc1ccc(OC)cc1OC. The number of methoxy groups -OCH3 is 2. The number of anilines is 2. The van der Waals surface area contributed by atoms with Crippen molar-refractivity contribution in [3.63, 3.8) is 0 Å². The summed E-state index contributed by atoms with van der Waals surface area (Å²) in [5, 5.41) is 2.75. The standard InChI is InChI=1S/C24H24N2O5S/c1-4-16-9-12-21-19(13-16)18-7-5-6-8-23(18)32(28,29)26(21)15-24(27)25-20-11-10-17(30-2)14-22(20)31-3/h5-14H,4,15H2,1-3H3,(H,25,27). The van der Waals surface area contributed by atoms with Gasteiger partial charge in [0.15, 0.2) is 0 Å². The van der Waals surface area contributed by atoms with Gasteiger partial charge in [0.2, 0.25) is 5.91 Å². The maximum absolute atomic E-state index is 13.4. The number of sulfonamides is 1. The van der Waals surface area contributed by atoms with Gasteiger partial charge < -0.3 is 14.8 Å². The zero-order valence-electron chi connectivity index (χ0n) is 18.1. The van der Waals surface area contributed by atoms with E-state index in [4.69, 9.17) is 9.47 Å². The molecule has 0 saturated carbocycles. The minimum atomic E-state index is -3.91. The highest BCUT2D eigenvalue weighted by molar-refractivity contribution is 7.93. The van der Waals surface area contributed by atoms with Gasteiger partial charge in [0.05, 0.1) is 30.5 Å². The Kier molecular flexibility index (Phi) is 5.80. The third-order valence-electron chi connectivity index (χ3n) is 5.45. The summed E-state index contributed by atoms with van der Waals surface area (Å²) in [6.07, 6.45) is 0.819. The molecule has 1 aliphatic heterocycles. The number of ether oxygens (including phenoxy) is 2. The first-order chi connectivity index (χ1) is 15.4. The van der Waals surface area contributed by atoms with Crippen molar-refractivity contribution in [1.82, 2.24) is 0 Å². The van der Waals surface area contributed by atoms with Gasteiger partial charge in [-0.15, -0.1) is 0 Å². The van der Waals surface area contributed by atoms with E-state index in [1.54, 1.807) is 42.5 Å². The monoisotopic (exact) mass is 452 g/mol. The smallest absolute Gasteiger partial charge is 0.265 e. The van der Waals surface area contributed by atoms with Crippen molar-refractivity contribution >= 4 is 27.3 Å². The quantitative estimate of drug-likeness (QED) is 0.609. The summed E-state index contributed by atoms with van der Waals surface area (Å²) in [7, 11) is -0.889. The molecule has 1 amide bonds. The summed E-state index contributed by atoms with van der Waals surface area (Å²) in [6, 6.07) is 17.5. The number of nitrogens with zero attached hydrogens (tertiary/aromatic N) is 1. The summed E-state index contributed by atoms with van der Waals surface area (Å²) in [6.45, 7) is 1.67. The second-order valence-corrected chi connectivity index (χ2v) is 9.16. The molecule has 0 unspecified atom stereocenters. The van der Waals surface area contributed by atoms with Gasteiger partial charge in [-0.3, -0.25) is 9.10 Å². The lowest BCUT2D eigenvalue weighted by Gasteiger charge is -2.32. The van der Waals surface area contributed by atoms with Crippen LogP contribution in [0.15, 0.2) is 65.6 Å². The summed E-state index contributed by atoms with van der Waals surface area (Å²) >= 11 is 0. The topological polar surface area (TPSA) is 84.9 Å². The Bertz CT molecular complexity index is 1290. The first kappa shape index (κ1) is 21.7. The van der Waals surface area contributed by atoms with Crippen LogP contribution in [-0.2, 0) is 21.2 Å². The molecule has 0 aromatic heterocycles. The van der Waals surface area contributed by atoms with E-state index >= 15 is 0 Å². The molecule has 0 spiro atoms. The third kappa shape index (κ3) is 3.78. The number of hydrogen-bond donors (Lipinski definition) is 1. The Hall–Kier alpha value is -3.52. The minimum Gasteiger partial charge on any atom is -0.497 e. The number of carbonyl (C=O) groups excluding carboxylic acids is 1. The van der Waals surface area contributed by atoms with Gasteiger partial charge in [0, 0.05) is 17.2 Å². The average Bonchev–Trinajstić information content (AvgIpc) is 2.81. The van der Waals surface area contributed by atoms with Crippen LogP contribution in [0.3, 0.4) is 0 Å². The molecule has 7 nitrogen and oxygen atoms in total. The molecule has 0 radical (unpaired) electrons. The highest BCUT2D eigenvalue weighted by Gasteiger charge is 2.36. The third-order valence-corrected chi connectivity index (χ3v) is 7.27. The Morgan fingerprint density at radius 2 is 1.75 bits per heavy atom. The van der Waals surface area contributed by atoms with Crippen molar-refractivity contribution in [1.29, 1.82) is 0 Å². The van der Waals surface area contributed by atoms with Crippen molar-refractivity contribution in [3.05, 3.63) is 66.2 Å². The van der Waals surface area contributed by atoms with E-state index < -0.39 is 15.9 Å². The molecule has 8 heteroatoms. The number of fused-ring (bicyclic) bond motifs is 3. The molecule has 166 valence electrons. The second kappa shape index (κ2) is 8.55. The lowest BCUT2D eigenvalue weighted by Crippen LogP contribution is -2.40. The number of amides is 1. The van der Waals surface area contributed by atoms with Gasteiger partial charge in [-0.05, 0) is 42.3 Å². The Morgan fingerprint density at radius 3 is 2.47 bits per heavy atom. The molecule has 0 bridgehead atoms. The number of benzene rings is 3. The van der Waals surface area contributed by atoms with Crippen LogP contribution in [0, 0.1) is 0 Å². The minimum absolute atomic E-state index is 0.190. The fourth-order valence-corrected chi connectivity index (χ4v) is 5.44. The first-order valence-corrected chi connectivity index (χ1v) is 11.6. The summed E-state index contributed by atoms with van der Waals surface area (Å²) in [4.78, 5) is 13.1. The molecule has 32 heavy (non-hydrogen) atoms. The van der Waals surface area contributed by atoms with E-state index in [0.29, 0.717) is 28.4 Å². The molecule has 3 aromatic rings. The summed E-state index contributed by atoms with van der Waals surface area (Å²) in [5.74, 6) is 0.509. The van der Waals surface area contributed by atoms with Gasteiger partial charge in [-0.2, -0.15) is 0 Å². The maximum atomic E-state index is 13.4. The average molecular weight is 453 g/mol. The molecule has 0 aliphatic carbocycles. The van der Waals surface area contributed by atoms with Gasteiger partial charge in [0.25, 0.3) is 10.0 Å². The number of rotatable bonds is 6. The van der Waals surface area contributed by atoms with Crippen molar-refractivity contribution in [2.24, 2.45) is 0 Å². The maximum Gasteiger partial charge on any atom is 0.265 e. The predicted molar refractivity (Wildman–Crippen MR) is 124 cm³/mol. The van der Waals surface area contributed by atoms with Gasteiger partial charge in [0.1, 0.15) is 18.0 Å². The highest BCUT2D eigenvalue weighted by atomic mass is 32.2. The van der Waals surface area contributed by atoms with Crippen molar-refractivity contribution in [3.8, 4) is 22.6 Å². The van der Waals surface area contributed by atoms with E-state index in [1.165, 1.54) is 14.2 Å². The molecule has 0 fully saturated rings. The van der Waals surface area contributed by atoms with Gasteiger partial charge in [-0.25, -0.2) is 8.42 Å². The molecule has 1 heterocycles. The van der Waals surface area contributed by atoms with Crippen molar-refractivity contribution < 1.29 is 22.7 Å². The van der Waals surface area contributed by atoms with Crippen LogP contribution in [0.25, 0.3) is 11.1 Å². The van der Waals surface area contributed by atoms with Gasteiger partial charge in [-0.1, -0.05) is 31.2 Å². The Morgan fingerprint density at radius 1 is 0.969 bits per heavy atom. The van der Waals surface area contributed by atoms with E-state index in [1.807, 2.05) is 25.1 Å². The highest BCUT2D eigenvalue weighted by Crippen LogP contribution is 2.43. The van der Waals surface area contributed by atoms with Crippen LogP contribution in [-0.4, -0.2) is 35.1 Å². The number of hydrogen-bond acceptors (Lipinski definition) is 5. The zero-order chi connectivity index (χ0) is 22.9. The van der Waals surface area contributed by atoms with E-state index in [2.05, 4.69) is 5.32 Å². The molecular formula is C24H24N2O5S. The fraction of sp³-hybridized carbons (Fsp3) is 0.208. The van der Waals surface area contributed by atoms with Crippen molar-refractivity contribution in [2.45, 2.75) is 18.2 Å². The van der Waals surface area contributed by atoms with Gasteiger partial charge >= 0.3 is 0 Å². The zero-order valence-corrected chi connectivity index (χ0v) is 18.9. The molecule has 0 atom stereocenters. The molecule has 0 saturated heterocycles. The number of nitrogens with one attached hydrogen (secondary N) is 1. The van der Waals surface area contributed by atoms with E-state index in [9.17, 15) is 13.2 Å². The van der Waals surface area contributed by atoms with Crippen LogP contribution < -0.4 is 19.1 Å². The number of aryl methyl sites for hydroxylation is 1. The molecule has 3 aromatic carbocycles. The second-order valence-electron chi connectivity index (χ2n) is 7.33. The largest absolute Gasteiger partial charge is 0.497 e. The van der Waals surface area contributed by atoms with E-state index in [-0.39, 0.29) is 11.4 Å².